The molecule has 4 nitrogen and oxygen atoms in total. The zero-order valence-electron chi connectivity index (χ0n) is 15.3. The first-order chi connectivity index (χ1) is 12.3. The van der Waals surface area contributed by atoms with Crippen molar-refractivity contribution in [3.05, 3.63) is 45.9 Å². The fourth-order valence-electron chi connectivity index (χ4n) is 4.14. The number of nitrogens with one attached hydrogen (secondary N) is 1. The number of halogens is 1. The van der Waals surface area contributed by atoms with Gasteiger partial charge >= 0.3 is 0 Å². The average Bonchev–Trinajstić information content (AvgIpc) is 3.34. The van der Waals surface area contributed by atoms with Gasteiger partial charge in [-0.2, -0.15) is 0 Å². The fourth-order valence-corrected chi connectivity index (χ4v) is 5.25. The first-order valence-electron chi connectivity index (χ1n) is 9.37. The molecule has 1 saturated carbocycles. The Balaban J connectivity index is 0.00000196. The van der Waals surface area contributed by atoms with Crippen molar-refractivity contribution < 1.29 is 4.74 Å². The molecule has 142 valence electrons. The molecule has 1 aliphatic heterocycles. The van der Waals surface area contributed by atoms with Gasteiger partial charge in [0.15, 0.2) is 0 Å². The highest BCUT2D eigenvalue weighted by Crippen LogP contribution is 2.37. The highest BCUT2D eigenvalue weighted by atomic mass is 35.5. The smallest absolute Gasteiger partial charge is 0.123 e. The fraction of sp³-hybridized carbons (Fsp3) is 0.550. The minimum Gasteiger partial charge on any atom is -0.496 e. The Bertz CT molecular complexity index is 702. The summed E-state index contributed by atoms with van der Waals surface area (Å²) in [5.74, 6) is 1.70. The molecule has 2 aliphatic rings. The molecule has 6 heteroatoms. The van der Waals surface area contributed by atoms with Gasteiger partial charge in [-0.25, -0.2) is 4.98 Å². The van der Waals surface area contributed by atoms with Crippen molar-refractivity contribution >= 4 is 23.7 Å². The maximum atomic E-state index is 5.60. The maximum Gasteiger partial charge on any atom is 0.123 e. The van der Waals surface area contributed by atoms with E-state index in [1.165, 1.54) is 41.1 Å². The second kappa shape index (κ2) is 9.18. The predicted octanol–water partition coefficient (Wildman–Crippen LogP) is 4.38. The molecule has 1 unspecified atom stereocenters. The summed E-state index contributed by atoms with van der Waals surface area (Å²) in [5.41, 5.74) is 1.28. The minimum absolute atomic E-state index is 0. The highest BCUT2D eigenvalue weighted by molar-refractivity contribution is 7.11. The Morgan fingerprint density at radius 1 is 1.27 bits per heavy atom. The van der Waals surface area contributed by atoms with Crippen molar-refractivity contribution in [2.24, 2.45) is 0 Å². The molecule has 1 aliphatic carbocycles. The Kier molecular flexibility index (Phi) is 6.92. The monoisotopic (exact) mass is 393 g/mol. The Hall–Kier alpha value is -1.14. The summed E-state index contributed by atoms with van der Waals surface area (Å²) in [5, 5.41) is 4.90. The molecule has 1 aromatic heterocycles. The zero-order chi connectivity index (χ0) is 17.1. The number of para-hydroxylation sites is 1. The molecule has 1 atom stereocenters. The molecule has 26 heavy (non-hydrogen) atoms. The van der Waals surface area contributed by atoms with Gasteiger partial charge in [-0.1, -0.05) is 31.0 Å². The summed E-state index contributed by atoms with van der Waals surface area (Å²) >= 11 is 1.93. The normalized spacial score (nSPS) is 21.5. The van der Waals surface area contributed by atoms with E-state index in [0.29, 0.717) is 12.0 Å². The lowest BCUT2D eigenvalue weighted by atomic mass is 10.0. The quantitative estimate of drug-likeness (QED) is 0.818. The van der Waals surface area contributed by atoms with Crippen LogP contribution in [0, 0.1) is 0 Å². The summed E-state index contributed by atoms with van der Waals surface area (Å²) in [7, 11) is 1.76. The molecule has 0 spiro atoms. The van der Waals surface area contributed by atoms with Crippen molar-refractivity contribution in [3.8, 4) is 5.75 Å². The van der Waals surface area contributed by atoms with Crippen LogP contribution in [0.4, 0.5) is 0 Å². The molecular formula is C20H28ClN3OS. The van der Waals surface area contributed by atoms with Gasteiger partial charge in [0.1, 0.15) is 5.75 Å². The van der Waals surface area contributed by atoms with Crippen LogP contribution in [0.25, 0.3) is 0 Å². The first kappa shape index (κ1) is 19.6. The van der Waals surface area contributed by atoms with Gasteiger partial charge in [-0.15, -0.1) is 23.7 Å². The third kappa shape index (κ3) is 4.22. The van der Waals surface area contributed by atoms with Crippen molar-refractivity contribution in [1.29, 1.82) is 0 Å². The molecular weight excluding hydrogens is 366 g/mol. The van der Waals surface area contributed by atoms with E-state index in [9.17, 15) is 0 Å². The second-order valence-electron chi connectivity index (χ2n) is 7.08. The molecule has 4 rings (SSSR count). The topological polar surface area (TPSA) is 37.4 Å². The molecule has 1 aromatic carbocycles. The number of thiazole rings is 1. The number of benzene rings is 1. The molecule has 0 bridgehead atoms. The lowest BCUT2D eigenvalue weighted by Crippen LogP contribution is -2.45. The third-order valence-corrected chi connectivity index (χ3v) is 6.63. The van der Waals surface area contributed by atoms with Crippen LogP contribution >= 0.6 is 23.7 Å². The van der Waals surface area contributed by atoms with E-state index in [0.717, 1.165) is 31.9 Å². The number of piperazine rings is 1. The standard InChI is InChI=1S/C20H27N3OS.ClH/c1-24-19-9-5-4-8-17(19)18-13-21-10-11-23(18)14-16-12-22-20(25-16)15-6-2-3-7-15;/h4-5,8-9,12,15,18,21H,2-3,6-7,10-11,13-14H2,1H3;1H. The van der Waals surface area contributed by atoms with Crippen LogP contribution in [-0.4, -0.2) is 36.6 Å². The van der Waals surface area contributed by atoms with Gasteiger partial charge in [0.05, 0.1) is 18.2 Å². The van der Waals surface area contributed by atoms with E-state index in [-0.39, 0.29) is 12.4 Å². The Morgan fingerprint density at radius 3 is 2.88 bits per heavy atom. The molecule has 0 radical (unpaired) electrons. The summed E-state index contributed by atoms with van der Waals surface area (Å²) < 4.78 is 5.60. The number of nitrogens with zero attached hydrogens (tertiary/aromatic N) is 2. The van der Waals surface area contributed by atoms with Gasteiger partial charge in [0.25, 0.3) is 0 Å². The van der Waals surface area contributed by atoms with Gasteiger partial charge < -0.3 is 10.1 Å². The average molecular weight is 394 g/mol. The van der Waals surface area contributed by atoms with Crippen LogP contribution in [0.15, 0.2) is 30.5 Å². The van der Waals surface area contributed by atoms with Crippen LogP contribution < -0.4 is 10.1 Å². The number of hydrogen-bond donors (Lipinski definition) is 1. The third-order valence-electron chi connectivity index (χ3n) is 5.49. The van der Waals surface area contributed by atoms with E-state index >= 15 is 0 Å². The summed E-state index contributed by atoms with van der Waals surface area (Å²) in [6.07, 6.45) is 7.50. The molecule has 1 saturated heterocycles. The Labute approximate surface area is 166 Å². The summed E-state index contributed by atoms with van der Waals surface area (Å²) in [6.45, 7) is 4.04. The van der Waals surface area contributed by atoms with Crippen LogP contribution in [0.1, 0.15) is 53.1 Å². The van der Waals surface area contributed by atoms with Gasteiger partial charge in [-0.3, -0.25) is 4.90 Å². The molecule has 0 amide bonds. The van der Waals surface area contributed by atoms with Crippen molar-refractivity contribution in [2.45, 2.75) is 44.2 Å². The largest absolute Gasteiger partial charge is 0.496 e. The first-order valence-corrected chi connectivity index (χ1v) is 10.2. The van der Waals surface area contributed by atoms with Crippen LogP contribution in [0.3, 0.4) is 0 Å². The van der Waals surface area contributed by atoms with Gasteiger partial charge in [0.2, 0.25) is 0 Å². The second-order valence-corrected chi connectivity index (χ2v) is 8.23. The number of methoxy groups -OCH3 is 1. The number of aromatic nitrogens is 1. The van der Waals surface area contributed by atoms with Gasteiger partial charge in [0, 0.05) is 48.7 Å². The van der Waals surface area contributed by atoms with Crippen molar-refractivity contribution in [1.82, 2.24) is 15.2 Å². The van der Waals surface area contributed by atoms with E-state index in [2.05, 4.69) is 34.6 Å². The lowest BCUT2D eigenvalue weighted by Gasteiger charge is -2.36. The minimum atomic E-state index is 0. The predicted molar refractivity (Wildman–Crippen MR) is 110 cm³/mol. The maximum absolute atomic E-state index is 5.60. The van der Waals surface area contributed by atoms with E-state index in [1.807, 2.05) is 17.4 Å². The summed E-state index contributed by atoms with van der Waals surface area (Å²) in [4.78, 5) is 8.71. The van der Waals surface area contributed by atoms with Crippen molar-refractivity contribution in [3.63, 3.8) is 0 Å². The van der Waals surface area contributed by atoms with E-state index in [4.69, 9.17) is 9.72 Å². The SMILES string of the molecule is COc1ccccc1C1CNCCN1Cc1cnc(C2CCCC2)s1.Cl. The van der Waals surface area contributed by atoms with Crippen LogP contribution in [0.2, 0.25) is 0 Å². The molecule has 2 heterocycles. The van der Waals surface area contributed by atoms with Crippen LogP contribution in [-0.2, 0) is 6.54 Å². The van der Waals surface area contributed by atoms with Crippen LogP contribution in [0.5, 0.6) is 5.75 Å². The Morgan fingerprint density at radius 2 is 2.08 bits per heavy atom. The van der Waals surface area contributed by atoms with Gasteiger partial charge in [-0.05, 0) is 18.9 Å². The highest BCUT2D eigenvalue weighted by Gasteiger charge is 2.27. The van der Waals surface area contributed by atoms with E-state index < -0.39 is 0 Å². The van der Waals surface area contributed by atoms with E-state index in [1.54, 1.807) is 7.11 Å². The number of rotatable bonds is 5. The zero-order valence-corrected chi connectivity index (χ0v) is 17.0. The summed E-state index contributed by atoms with van der Waals surface area (Å²) in [6, 6.07) is 8.75. The molecule has 2 fully saturated rings. The number of hydrogen-bond acceptors (Lipinski definition) is 5. The number of ether oxygens (including phenoxy) is 1. The van der Waals surface area contributed by atoms with Crippen molar-refractivity contribution in [2.75, 3.05) is 26.7 Å². The molecule has 1 N–H and O–H groups in total. The lowest BCUT2D eigenvalue weighted by molar-refractivity contribution is 0.152. The molecule has 2 aromatic rings.